The van der Waals surface area contributed by atoms with Gasteiger partial charge in [-0.2, -0.15) is 0 Å². The summed E-state index contributed by atoms with van der Waals surface area (Å²) in [6.45, 7) is 2.25. The van der Waals surface area contributed by atoms with E-state index in [0.717, 1.165) is 17.5 Å². The van der Waals surface area contributed by atoms with E-state index in [-0.39, 0.29) is 7.92 Å². The number of nitrogens with one attached hydrogen (secondary N) is 1. The summed E-state index contributed by atoms with van der Waals surface area (Å²) in [4.78, 5) is 7.86. The normalized spacial score (nSPS) is 12.6. The van der Waals surface area contributed by atoms with E-state index in [1.165, 1.54) is 10.6 Å². The van der Waals surface area contributed by atoms with E-state index in [4.69, 9.17) is 4.99 Å². The average Bonchev–Trinajstić information content (AvgIpc) is 3.09. The quantitative estimate of drug-likeness (QED) is 0.540. The van der Waals surface area contributed by atoms with Crippen LogP contribution >= 0.6 is 7.92 Å². The zero-order chi connectivity index (χ0) is 15.2. The van der Waals surface area contributed by atoms with E-state index in [9.17, 15) is 0 Å². The molecule has 0 aliphatic carbocycles. The van der Waals surface area contributed by atoms with E-state index >= 15 is 0 Å². The first-order valence-corrected chi connectivity index (χ1v) is 9.00. The Labute approximate surface area is 132 Å². The number of rotatable bonds is 5. The zero-order valence-electron chi connectivity index (χ0n) is 12.6. The summed E-state index contributed by atoms with van der Waals surface area (Å²) in [6.07, 6.45) is 4.93. The van der Waals surface area contributed by atoms with Gasteiger partial charge in [0.2, 0.25) is 0 Å². The van der Waals surface area contributed by atoms with Crippen molar-refractivity contribution < 1.29 is 0 Å². The molecular formula is C19H19N2P. The lowest BCUT2D eigenvalue weighted by atomic mass is 10.3. The summed E-state index contributed by atoms with van der Waals surface area (Å²) in [5, 5.41) is 2.75. The number of hydrogen-bond acceptors (Lipinski definition) is 1. The Hall–Kier alpha value is -2.18. The Bertz CT molecular complexity index is 733. The van der Waals surface area contributed by atoms with Crippen molar-refractivity contribution in [1.82, 2.24) is 4.98 Å². The number of aromatic nitrogens is 1. The number of benzene rings is 2. The molecule has 22 heavy (non-hydrogen) atoms. The van der Waals surface area contributed by atoms with Gasteiger partial charge in [0.1, 0.15) is 0 Å². The number of hydrogen-bond donors (Lipinski definition) is 1. The van der Waals surface area contributed by atoms with Crippen molar-refractivity contribution in [2.24, 2.45) is 4.99 Å². The van der Waals surface area contributed by atoms with Gasteiger partial charge >= 0.3 is 0 Å². The molecule has 0 fully saturated rings. The first-order valence-electron chi connectivity index (χ1n) is 7.47. The van der Waals surface area contributed by atoms with E-state index in [0.29, 0.717) is 0 Å². The summed E-state index contributed by atoms with van der Waals surface area (Å²) >= 11 is 0. The Morgan fingerprint density at radius 2 is 1.73 bits per heavy atom. The molecule has 1 heterocycles. The van der Waals surface area contributed by atoms with Gasteiger partial charge in [0, 0.05) is 11.5 Å². The minimum absolute atomic E-state index is 0.362. The second-order valence-electron chi connectivity index (χ2n) is 4.95. The van der Waals surface area contributed by atoms with Crippen LogP contribution in [0.4, 0.5) is 5.69 Å². The standard InChI is InChI=1S/C19H19N2P/c1-2-22(17-10-4-3-5-11-17)19-13-7-6-12-18(19)21-15-16-9-8-14-20-16/h3-15,20H,2H2,1H3. The largest absolute Gasteiger partial charge is 0.360 e. The van der Waals surface area contributed by atoms with Gasteiger partial charge in [-0.1, -0.05) is 55.5 Å². The average molecular weight is 306 g/mol. The second-order valence-corrected chi connectivity index (χ2v) is 7.44. The molecule has 0 aliphatic heterocycles. The van der Waals surface area contributed by atoms with Crippen LogP contribution < -0.4 is 10.6 Å². The molecule has 0 bridgehead atoms. The fourth-order valence-corrected chi connectivity index (χ4v) is 4.66. The molecule has 0 saturated heterocycles. The molecule has 1 aromatic heterocycles. The lowest BCUT2D eigenvalue weighted by Crippen LogP contribution is -2.13. The molecule has 1 N–H and O–H groups in total. The SMILES string of the molecule is CCP(c1ccccc1)c1ccccc1N=Cc1ccc[nH]1. The third-order valence-electron chi connectivity index (χ3n) is 3.52. The lowest BCUT2D eigenvalue weighted by molar-refractivity contribution is 1.38. The highest BCUT2D eigenvalue weighted by molar-refractivity contribution is 7.73. The summed E-state index contributed by atoms with van der Waals surface area (Å²) in [5.74, 6) is 0. The van der Waals surface area contributed by atoms with Crippen LogP contribution in [0.3, 0.4) is 0 Å². The number of aliphatic imine (C=N–C) groups is 1. The fraction of sp³-hybridized carbons (Fsp3) is 0.105. The third kappa shape index (κ3) is 3.35. The van der Waals surface area contributed by atoms with Crippen LogP contribution in [0.2, 0.25) is 0 Å². The molecular weight excluding hydrogens is 287 g/mol. The van der Waals surface area contributed by atoms with Crippen molar-refractivity contribution in [3.05, 3.63) is 78.6 Å². The first-order chi connectivity index (χ1) is 10.9. The smallest absolute Gasteiger partial charge is 0.0710 e. The summed E-state index contributed by atoms with van der Waals surface area (Å²) in [6, 6.07) is 23.2. The Morgan fingerprint density at radius 1 is 0.955 bits per heavy atom. The molecule has 3 heteroatoms. The van der Waals surface area contributed by atoms with E-state index in [2.05, 4.69) is 66.5 Å². The van der Waals surface area contributed by atoms with Crippen LogP contribution in [0.1, 0.15) is 12.6 Å². The van der Waals surface area contributed by atoms with Crippen molar-refractivity contribution in [3.8, 4) is 0 Å². The maximum Gasteiger partial charge on any atom is 0.0710 e. The molecule has 110 valence electrons. The molecule has 0 spiro atoms. The second kappa shape index (κ2) is 7.20. The monoisotopic (exact) mass is 306 g/mol. The molecule has 2 nitrogen and oxygen atoms in total. The van der Waals surface area contributed by atoms with E-state index in [1.54, 1.807) is 0 Å². The van der Waals surface area contributed by atoms with Crippen molar-refractivity contribution in [2.75, 3.05) is 6.16 Å². The summed E-state index contributed by atoms with van der Waals surface area (Å²) < 4.78 is 0. The highest BCUT2D eigenvalue weighted by Crippen LogP contribution is 2.36. The van der Waals surface area contributed by atoms with Gasteiger partial charge in [0.25, 0.3) is 0 Å². The number of nitrogens with zero attached hydrogens (tertiary/aromatic N) is 1. The van der Waals surface area contributed by atoms with Crippen molar-refractivity contribution >= 4 is 30.4 Å². The van der Waals surface area contributed by atoms with Gasteiger partial charge in [0.15, 0.2) is 0 Å². The maximum absolute atomic E-state index is 4.70. The van der Waals surface area contributed by atoms with Crippen LogP contribution in [-0.2, 0) is 0 Å². The Balaban J connectivity index is 1.96. The molecule has 2 aromatic carbocycles. The molecule has 0 aliphatic rings. The maximum atomic E-state index is 4.70. The van der Waals surface area contributed by atoms with E-state index < -0.39 is 0 Å². The molecule has 0 saturated carbocycles. The van der Waals surface area contributed by atoms with Crippen molar-refractivity contribution in [3.63, 3.8) is 0 Å². The Kier molecular flexibility index (Phi) is 4.82. The molecule has 3 rings (SSSR count). The van der Waals surface area contributed by atoms with Gasteiger partial charge in [0.05, 0.1) is 17.6 Å². The molecule has 0 amide bonds. The lowest BCUT2D eigenvalue weighted by Gasteiger charge is -2.18. The number of H-pyrrole nitrogens is 1. The third-order valence-corrected chi connectivity index (χ3v) is 6.04. The number of aromatic amines is 1. The topological polar surface area (TPSA) is 28.1 Å². The van der Waals surface area contributed by atoms with Gasteiger partial charge in [-0.15, -0.1) is 0 Å². The van der Waals surface area contributed by atoms with Gasteiger partial charge in [-0.3, -0.25) is 4.99 Å². The van der Waals surface area contributed by atoms with Crippen LogP contribution in [0.15, 0.2) is 77.9 Å². The van der Waals surface area contributed by atoms with Gasteiger partial charge in [-0.25, -0.2) is 0 Å². The van der Waals surface area contributed by atoms with E-state index in [1.807, 2.05) is 24.5 Å². The highest BCUT2D eigenvalue weighted by Gasteiger charge is 2.14. The fourth-order valence-electron chi connectivity index (χ4n) is 2.47. The minimum Gasteiger partial charge on any atom is -0.360 e. The van der Waals surface area contributed by atoms with Crippen LogP contribution in [0, 0.1) is 0 Å². The van der Waals surface area contributed by atoms with Crippen molar-refractivity contribution in [2.45, 2.75) is 6.92 Å². The van der Waals surface area contributed by atoms with Crippen LogP contribution in [0.5, 0.6) is 0 Å². The van der Waals surface area contributed by atoms with Gasteiger partial charge < -0.3 is 4.98 Å². The van der Waals surface area contributed by atoms with Gasteiger partial charge in [-0.05, 0) is 37.6 Å². The predicted octanol–water partition coefficient (Wildman–Crippen LogP) is 4.22. The predicted molar refractivity (Wildman–Crippen MR) is 97.7 cm³/mol. The number of para-hydroxylation sites is 1. The molecule has 3 aromatic rings. The molecule has 0 radical (unpaired) electrons. The first kappa shape index (κ1) is 14.7. The molecule has 1 unspecified atom stereocenters. The van der Waals surface area contributed by atoms with Crippen LogP contribution in [0.25, 0.3) is 0 Å². The van der Waals surface area contributed by atoms with Crippen LogP contribution in [-0.4, -0.2) is 17.4 Å². The highest BCUT2D eigenvalue weighted by atomic mass is 31.1. The summed E-state index contributed by atoms with van der Waals surface area (Å²) in [5.41, 5.74) is 2.09. The minimum atomic E-state index is -0.362. The molecule has 1 atom stereocenters. The summed E-state index contributed by atoms with van der Waals surface area (Å²) in [7, 11) is -0.362. The van der Waals surface area contributed by atoms with Crippen molar-refractivity contribution in [1.29, 1.82) is 0 Å². The zero-order valence-corrected chi connectivity index (χ0v) is 13.5. The Morgan fingerprint density at radius 3 is 2.45 bits per heavy atom.